The van der Waals surface area contributed by atoms with Crippen LogP contribution in [0.1, 0.15) is 37.5 Å². The number of nitrogens with one attached hydrogen (secondary N) is 1. The molecule has 8 aromatic rings. The van der Waals surface area contributed by atoms with E-state index in [2.05, 4.69) is 45.4 Å². The summed E-state index contributed by atoms with van der Waals surface area (Å²) in [6, 6.07) is 22.4. The highest BCUT2D eigenvalue weighted by Gasteiger charge is 2.11. The second-order valence-electron chi connectivity index (χ2n) is 14.3. The Bertz CT molecular complexity index is 2730. The highest BCUT2D eigenvalue weighted by molar-refractivity contribution is 6.58. The van der Waals surface area contributed by atoms with E-state index in [1.807, 2.05) is 117 Å². The number of nitrogens with two attached hydrogens (primary N) is 1. The maximum atomic E-state index is 8.76. The molecule has 0 saturated heterocycles. The standard InChI is InChI=1S/C17H19N5O.C13H13ClN2O.C8H11BO3.C5H4Cl2N2.C4H7N3/c1-4-23-15-7-5-13(6-8-15)16-12(2)9-18-17(21-16)20-14-10-19-22(3)11-14;1-3-17-11-6-4-10(5-7-11)12-9(2)8-15-13(14)16-12;1-2-12-8-5-3-7(4-6-8)9(10)11;1-3-2-8-5(7)9-4(3)6;1-7-3-4(5)2-6-7/h5-11H,4H2,1-3H3,(H,18,20,21);4-8H,3H2,1-2H3;3-6,10-11H,2H2,1H3;2H,1H3;2-3H,5H2,1H3. The third-order valence-electron chi connectivity index (χ3n) is 8.85. The predicted molar refractivity (Wildman–Crippen MR) is 270 cm³/mol. The molecular formula is C47H54BCl3N12O5. The Balaban J connectivity index is 0.000000197. The summed E-state index contributed by atoms with van der Waals surface area (Å²) in [5.74, 6) is 3.00. The lowest BCUT2D eigenvalue weighted by molar-refractivity contribution is 0.340. The van der Waals surface area contributed by atoms with Gasteiger partial charge in [-0.15, -0.1) is 0 Å². The minimum atomic E-state index is -1.40. The van der Waals surface area contributed by atoms with Crippen molar-refractivity contribution in [3.63, 3.8) is 0 Å². The number of halogens is 3. The highest BCUT2D eigenvalue weighted by Crippen LogP contribution is 2.26. The third kappa shape index (κ3) is 18.1. The molecule has 5 aromatic heterocycles. The fourth-order valence-corrected chi connectivity index (χ4v) is 6.06. The zero-order valence-corrected chi connectivity index (χ0v) is 41.2. The Labute approximate surface area is 411 Å². The van der Waals surface area contributed by atoms with Gasteiger partial charge in [0.25, 0.3) is 0 Å². The van der Waals surface area contributed by atoms with Gasteiger partial charge < -0.3 is 35.3 Å². The Hall–Kier alpha value is -6.83. The van der Waals surface area contributed by atoms with Crippen LogP contribution in [-0.2, 0) is 14.1 Å². The minimum Gasteiger partial charge on any atom is -0.494 e. The van der Waals surface area contributed by atoms with Crippen LogP contribution in [0.4, 0.5) is 17.3 Å². The summed E-state index contributed by atoms with van der Waals surface area (Å²) in [6.45, 7) is 13.5. The van der Waals surface area contributed by atoms with Crippen LogP contribution in [0.15, 0.2) is 116 Å². The van der Waals surface area contributed by atoms with Crippen LogP contribution < -0.4 is 30.7 Å². The summed E-state index contributed by atoms with van der Waals surface area (Å²) in [4.78, 5) is 24.5. The monoisotopic (exact) mass is 982 g/mol. The first-order valence-corrected chi connectivity index (χ1v) is 22.2. The highest BCUT2D eigenvalue weighted by atomic mass is 35.5. The van der Waals surface area contributed by atoms with Crippen LogP contribution in [0.5, 0.6) is 17.2 Å². The first-order valence-electron chi connectivity index (χ1n) is 21.1. The molecule has 0 aliphatic rings. The molecule has 21 heteroatoms. The molecule has 8 rings (SSSR count). The number of hydrogen-bond donors (Lipinski definition) is 4. The van der Waals surface area contributed by atoms with E-state index in [1.54, 1.807) is 64.6 Å². The molecule has 0 spiro atoms. The van der Waals surface area contributed by atoms with E-state index in [-0.39, 0.29) is 10.6 Å². The SMILES string of the molecule is CCOc1ccc(-c2nc(Cl)ncc2C)cc1.CCOc1ccc(-c2nc(Nc3cnn(C)c3)ncc2C)cc1.CCOc1ccc(B(O)O)cc1.Cc1cnc(Cl)nc1Cl.Cn1cc(N)cn1. The van der Waals surface area contributed by atoms with Gasteiger partial charge >= 0.3 is 7.12 Å². The van der Waals surface area contributed by atoms with Gasteiger partial charge in [-0.25, -0.2) is 29.9 Å². The number of aromatic nitrogens is 10. The Morgan fingerprint density at radius 2 is 1.01 bits per heavy atom. The fraction of sp³-hybridized carbons (Fsp3) is 0.234. The van der Waals surface area contributed by atoms with Crippen LogP contribution in [-0.4, -0.2) is 86.5 Å². The second-order valence-corrected chi connectivity index (χ2v) is 15.3. The fourth-order valence-electron chi connectivity index (χ4n) is 5.62. The number of aryl methyl sites for hydroxylation is 5. The zero-order valence-electron chi connectivity index (χ0n) is 39.0. The van der Waals surface area contributed by atoms with E-state index < -0.39 is 7.12 Å². The molecule has 0 radical (unpaired) electrons. The molecule has 5 N–H and O–H groups in total. The summed E-state index contributed by atoms with van der Waals surface area (Å²) in [5.41, 5.74) is 14.0. The Morgan fingerprint density at radius 3 is 1.41 bits per heavy atom. The number of ether oxygens (including phenoxy) is 3. The van der Waals surface area contributed by atoms with Crippen molar-refractivity contribution >= 4 is 64.7 Å². The van der Waals surface area contributed by atoms with Crippen LogP contribution in [0, 0.1) is 20.8 Å². The molecule has 0 fully saturated rings. The van der Waals surface area contributed by atoms with Gasteiger partial charge in [-0.05, 0) is 142 Å². The summed E-state index contributed by atoms with van der Waals surface area (Å²) < 4.78 is 19.4. The van der Waals surface area contributed by atoms with Crippen molar-refractivity contribution in [3.8, 4) is 39.8 Å². The van der Waals surface area contributed by atoms with Crippen molar-refractivity contribution < 1.29 is 24.3 Å². The average Bonchev–Trinajstić information content (AvgIpc) is 3.93. The first kappa shape index (κ1) is 53.8. The molecule has 0 atom stereocenters. The maximum Gasteiger partial charge on any atom is 0.488 e. The van der Waals surface area contributed by atoms with E-state index in [9.17, 15) is 0 Å². The molecular weight excluding hydrogens is 930 g/mol. The molecule has 356 valence electrons. The van der Waals surface area contributed by atoms with Crippen LogP contribution in [0.2, 0.25) is 15.7 Å². The average molecular weight is 984 g/mol. The molecule has 0 unspecified atom stereocenters. The summed E-state index contributed by atoms with van der Waals surface area (Å²) in [7, 11) is 2.30. The van der Waals surface area contributed by atoms with Gasteiger partial charge in [0.1, 0.15) is 22.4 Å². The number of hydrogen-bond acceptors (Lipinski definition) is 15. The van der Waals surface area contributed by atoms with E-state index in [1.165, 1.54) is 0 Å². The van der Waals surface area contributed by atoms with Crippen molar-refractivity contribution in [1.82, 2.24) is 49.5 Å². The van der Waals surface area contributed by atoms with Gasteiger partial charge in [-0.1, -0.05) is 23.7 Å². The van der Waals surface area contributed by atoms with Crippen molar-refractivity contribution in [2.45, 2.75) is 41.5 Å². The lowest BCUT2D eigenvalue weighted by Crippen LogP contribution is -2.29. The molecule has 0 amide bonds. The van der Waals surface area contributed by atoms with E-state index in [0.29, 0.717) is 42.1 Å². The summed E-state index contributed by atoms with van der Waals surface area (Å²) in [5, 5.41) is 29.5. The molecule has 17 nitrogen and oxygen atoms in total. The largest absolute Gasteiger partial charge is 0.494 e. The number of benzene rings is 3. The molecule has 5 heterocycles. The third-order valence-corrected chi connectivity index (χ3v) is 9.59. The number of rotatable bonds is 11. The molecule has 0 bridgehead atoms. The van der Waals surface area contributed by atoms with Crippen molar-refractivity contribution in [2.24, 2.45) is 14.1 Å². The normalized spacial score (nSPS) is 10.1. The minimum absolute atomic E-state index is 0.186. The van der Waals surface area contributed by atoms with Crippen molar-refractivity contribution in [1.29, 1.82) is 0 Å². The van der Waals surface area contributed by atoms with Gasteiger partial charge in [0, 0.05) is 61.8 Å². The van der Waals surface area contributed by atoms with Crippen LogP contribution in [0.3, 0.4) is 0 Å². The van der Waals surface area contributed by atoms with Gasteiger partial charge in [0.15, 0.2) is 0 Å². The molecule has 68 heavy (non-hydrogen) atoms. The number of nitrogen functional groups attached to an aromatic ring is 1. The first-order chi connectivity index (χ1) is 32.6. The van der Waals surface area contributed by atoms with E-state index >= 15 is 0 Å². The van der Waals surface area contributed by atoms with Gasteiger partial charge in [0.2, 0.25) is 16.5 Å². The molecule has 3 aromatic carbocycles. The lowest BCUT2D eigenvalue weighted by atomic mass is 9.80. The van der Waals surface area contributed by atoms with Gasteiger partial charge in [-0.3, -0.25) is 9.36 Å². The summed E-state index contributed by atoms with van der Waals surface area (Å²) >= 11 is 16.8. The molecule has 0 saturated carbocycles. The Kier molecular flexibility index (Phi) is 21.9. The maximum absolute atomic E-state index is 8.76. The van der Waals surface area contributed by atoms with Gasteiger partial charge in [0.05, 0.1) is 55.0 Å². The van der Waals surface area contributed by atoms with Gasteiger partial charge in [-0.2, -0.15) is 10.2 Å². The lowest BCUT2D eigenvalue weighted by Gasteiger charge is -2.09. The Morgan fingerprint density at radius 1 is 0.574 bits per heavy atom. The zero-order chi connectivity index (χ0) is 49.6. The predicted octanol–water partition coefficient (Wildman–Crippen LogP) is 8.69. The van der Waals surface area contributed by atoms with Crippen LogP contribution in [0.25, 0.3) is 22.5 Å². The molecule has 0 aliphatic carbocycles. The quantitative estimate of drug-likeness (QED) is 0.0541. The van der Waals surface area contributed by atoms with Crippen LogP contribution >= 0.6 is 34.8 Å². The van der Waals surface area contributed by atoms with E-state index in [0.717, 1.165) is 62.1 Å². The summed E-state index contributed by atoms with van der Waals surface area (Å²) in [6.07, 6.45) is 12.1. The number of anilines is 3. The smallest absolute Gasteiger partial charge is 0.488 e. The van der Waals surface area contributed by atoms with E-state index in [4.69, 9.17) is 64.8 Å². The molecule has 0 aliphatic heterocycles. The van der Waals surface area contributed by atoms with Crippen molar-refractivity contribution in [3.05, 3.63) is 149 Å². The second kappa shape index (κ2) is 27.7. The number of nitrogens with zero attached hydrogens (tertiary/aromatic N) is 10. The topological polar surface area (TPSA) is 219 Å². The van der Waals surface area contributed by atoms with Crippen molar-refractivity contribution in [2.75, 3.05) is 30.9 Å².